The SMILES string of the molecule is O=C(O)N1Cc2cn(C(=O)O)nc2C1. The lowest BCUT2D eigenvalue weighted by atomic mass is 10.3. The Morgan fingerprint density at radius 2 is 2.00 bits per heavy atom. The normalized spacial score (nSPS) is 14.1. The monoisotopic (exact) mass is 197 g/mol. The van der Waals surface area contributed by atoms with Crippen LogP contribution in [0.4, 0.5) is 9.59 Å². The summed E-state index contributed by atoms with van der Waals surface area (Å²) in [6.45, 7) is 0.364. The molecule has 0 spiro atoms. The van der Waals surface area contributed by atoms with Crippen molar-refractivity contribution in [2.24, 2.45) is 0 Å². The number of rotatable bonds is 0. The van der Waals surface area contributed by atoms with Crippen molar-refractivity contribution in [3.63, 3.8) is 0 Å². The molecule has 1 amide bonds. The van der Waals surface area contributed by atoms with Gasteiger partial charge in [-0.05, 0) is 0 Å². The second-order valence-electron chi connectivity index (χ2n) is 2.97. The molecule has 0 fully saturated rings. The number of fused-ring (bicyclic) bond motifs is 1. The molecule has 2 heterocycles. The van der Waals surface area contributed by atoms with Crippen LogP contribution in [0.1, 0.15) is 11.3 Å². The van der Waals surface area contributed by atoms with Gasteiger partial charge in [0, 0.05) is 11.8 Å². The molecule has 7 heteroatoms. The highest BCUT2D eigenvalue weighted by atomic mass is 16.4. The lowest BCUT2D eigenvalue weighted by Gasteiger charge is -2.09. The fraction of sp³-hybridized carbons (Fsp3) is 0.286. The van der Waals surface area contributed by atoms with Crippen LogP contribution in [0.15, 0.2) is 6.20 Å². The first-order valence-electron chi connectivity index (χ1n) is 3.86. The molecule has 0 aliphatic carbocycles. The Morgan fingerprint density at radius 1 is 1.29 bits per heavy atom. The molecule has 0 bridgehead atoms. The highest BCUT2D eigenvalue weighted by Gasteiger charge is 2.26. The molecule has 2 N–H and O–H groups in total. The van der Waals surface area contributed by atoms with Crippen LogP contribution in [-0.4, -0.2) is 37.1 Å². The van der Waals surface area contributed by atoms with Gasteiger partial charge >= 0.3 is 12.2 Å². The van der Waals surface area contributed by atoms with E-state index in [0.717, 1.165) is 4.68 Å². The van der Waals surface area contributed by atoms with E-state index >= 15 is 0 Å². The average molecular weight is 197 g/mol. The molecule has 14 heavy (non-hydrogen) atoms. The largest absolute Gasteiger partial charge is 0.465 e. The number of aromatic nitrogens is 2. The van der Waals surface area contributed by atoms with Crippen molar-refractivity contribution in [3.05, 3.63) is 17.5 Å². The van der Waals surface area contributed by atoms with Gasteiger partial charge in [-0.1, -0.05) is 0 Å². The van der Waals surface area contributed by atoms with Crippen molar-refractivity contribution in [1.29, 1.82) is 0 Å². The smallest absolute Gasteiger partial charge is 0.432 e. The van der Waals surface area contributed by atoms with Crippen molar-refractivity contribution in [2.75, 3.05) is 0 Å². The minimum Gasteiger partial charge on any atom is -0.465 e. The molecular weight excluding hydrogens is 190 g/mol. The van der Waals surface area contributed by atoms with Crippen LogP contribution < -0.4 is 0 Å². The van der Waals surface area contributed by atoms with Gasteiger partial charge in [0.2, 0.25) is 0 Å². The zero-order valence-corrected chi connectivity index (χ0v) is 7.04. The van der Waals surface area contributed by atoms with Crippen LogP contribution in [0.3, 0.4) is 0 Å². The van der Waals surface area contributed by atoms with E-state index in [1.807, 2.05) is 0 Å². The molecule has 1 aliphatic rings. The molecule has 0 aromatic carbocycles. The molecule has 0 unspecified atom stereocenters. The molecule has 7 nitrogen and oxygen atoms in total. The van der Waals surface area contributed by atoms with Gasteiger partial charge in [0.1, 0.15) is 0 Å². The van der Waals surface area contributed by atoms with Gasteiger partial charge in [-0.3, -0.25) is 4.90 Å². The minimum atomic E-state index is -1.17. The third-order valence-electron chi connectivity index (χ3n) is 2.05. The highest BCUT2D eigenvalue weighted by Crippen LogP contribution is 2.20. The van der Waals surface area contributed by atoms with Crippen LogP contribution in [0.25, 0.3) is 0 Å². The minimum absolute atomic E-state index is 0.158. The number of amides is 1. The second kappa shape index (κ2) is 2.72. The second-order valence-corrected chi connectivity index (χ2v) is 2.97. The molecule has 0 saturated carbocycles. The van der Waals surface area contributed by atoms with Gasteiger partial charge in [0.25, 0.3) is 0 Å². The number of carboxylic acid groups (broad SMARTS) is 2. The van der Waals surface area contributed by atoms with Gasteiger partial charge in [-0.25, -0.2) is 9.59 Å². The molecule has 74 valence electrons. The zero-order valence-electron chi connectivity index (χ0n) is 7.04. The number of nitrogens with zero attached hydrogens (tertiary/aromatic N) is 3. The summed E-state index contributed by atoms with van der Waals surface area (Å²) in [7, 11) is 0. The summed E-state index contributed by atoms with van der Waals surface area (Å²) in [5.41, 5.74) is 1.16. The van der Waals surface area contributed by atoms with E-state index < -0.39 is 12.2 Å². The van der Waals surface area contributed by atoms with Crippen molar-refractivity contribution in [3.8, 4) is 0 Å². The summed E-state index contributed by atoms with van der Waals surface area (Å²) >= 11 is 0. The third-order valence-corrected chi connectivity index (χ3v) is 2.05. The van der Waals surface area contributed by atoms with Crippen LogP contribution in [0, 0.1) is 0 Å². The fourth-order valence-corrected chi connectivity index (χ4v) is 1.39. The predicted molar refractivity (Wildman–Crippen MR) is 42.9 cm³/mol. The Kier molecular flexibility index (Phi) is 1.66. The maximum atomic E-state index is 10.6. The summed E-state index contributed by atoms with van der Waals surface area (Å²) in [5.74, 6) is 0. The summed E-state index contributed by atoms with van der Waals surface area (Å²) in [5, 5.41) is 21.0. The summed E-state index contributed by atoms with van der Waals surface area (Å²) in [6, 6.07) is 0. The topological polar surface area (TPSA) is 95.7 Å². The van der Waals surface area contributed by atoms with E-state index in [0.29, 0.717) is 11.3 Å². The Balaban J connectivity index is 2.24. The van der Waals surface area contributed by atoms with Crippen LogP contribution in [-0.2, 0) is 13.1 Å². The lowest BCUT2D eigenvalue weighted by molar-refractivity contribution is 0.144. The molecule has 0 atom stereocenters. The Bertz CT molecular complexity index is 388. The van der Waals surface area contributed by atoms with Crippen molar-refractivity contribution >= 4 is 12.2 Å². The summed E-state index contributed by atoms with van der Waals surface area (Å²) in [6.07, 6.45) is -0.855. The Morgan fingerprint density at radius 3 is 2.50 bits per heavy atom. The predicted octanol–water partition coefficient (Wildman–Crippen LogP) is 0.403. The van der Waals surface area contributed by atoms with E-state index in [1.54, 1.807) is 0 Å². The van der Waals surface area contributed by atoms with E-state index in [-0.39, 0.29) is 13.1 Å². The first-order chi connectivity index (χ1) is 6.58. The number of hydrogen-bond acceptors (Lipinski definition) is 3. The van der Waals surface area contributed by atoms with Crippen LogP contribution in [0.5, 0.6) is 0 Å². The summed E-state index contributed by atoms with van der Waals surface area (Å²) < 4.78 is 0.795. The van der Waals surface area contributed by atoms with Gasteiger partial charge in [0.05, 0.1) is 18.8 Å². The van der Waals surface area contributed by atoms with Gasteiger partial charge in [-0.15, -0.1) is 0 Å². The Hall–Kier alpha value is -2.05. The average Bonchev–Trinajstić information content (AvgIpc) is 2.57. The van der Waals surface area contributed by atoms with E-state index in [4.69, 9.17) is 10.2 Å². The maximum Gasteiger partial charge on any atom is 0.432 e. The third kappa shape index (κ3) is 1.18. The maximum absolute atomic E-state index is 10.6. The highest BCUT2D eigenvalue weighted by molar-refractivity contribution is 5.68. The fourth-order valence-electron chi connectivity index (χ4n) is 1.39. The molecule has 2 rings (SSSR count). The van der Waals surface area contributed by atoms with Gasteiger partial charge in [0.15, 0.2) is 0 Å². The van der Waals surface area contributed by atoms with E-state index in [9.17, 15) is 9.59 Å². The van der Waals surface area contributed by atoms with Gasteiger partial charge < -0.3 is 10.2 Å². The molecule has 1 aromatic rings. The lowest BCUT2D eigenvalue weighted by Crippen LogP contribution is -2.24. The van der Waals surface area contributed by atoms with Crippen molar-refractivity contribution in [2.45, 2.75) is 13.1 Å². The molecule has 1 aliphatic heterocycles. The Labute approximate surface area is 78.2 Å². The zero-order chi connectivity index (χ0) is 10.3. The van der Waals surface area contributed by atoms with Crippen LogP contribution >= 0.6 is 0 Å². The van der Waals surface area contributed by atoms with Crippen molar-refractivity contribution in [1.82, 2.24) is 14.7 Å². The van der Waals surface area contributed by atoms with Gasteiger partial charge in [-0.2, -0.15) is 9.78 Å². The first kappa shape index (κ1) is 8.54. The number of hydrogen-bond donors (Lipinski definition) is 2. The molecular formula is C7H7N3O4. The number of carbonyl (C=O) groups is 2. The first-order valence-corrected chi connectivity index (χ1v) is 3.86. The van der Waals surface area contributed by atoms with Crippen LogP contribution in [0.2, 0.25) is 0 Å². The van der Waals surface area contributed by atoms with E-state index in [1.165, 1.54) is 11.1 Å². The molecule has 0 radical (unpaired) electrons. The molecule has 1 aromatic heterocycles. The summed E-state index contributed by atoms with van der Waals surface area (Å²) in [4.78, 5) is 22.2. The van der Waals surface area contributed by atoms with Crippen molar-refractivity contribution < 1.29 is 19.8 Å². The van der Waals surface area contributed by atoms with E-state index in [2.05, 4.69) is 5.10 Å². The molecule has 0 saturated heterocycles. The standard InChI is InChI=1S/C7H7N3O4/c11-6(12)9-1-4-2-10(7(13)14)8-5(4)3-9/h2H,1,3H2,(H,11,12)(H,13,14). The quantitative estimate of drug-likeness (QED) is 0.627.